The lowest BCUT2D eigenvalue weighted by atomic mass is 9.51. The number of fused-ring (bicyclic) bond motifs is 5. The predicted octanol–water partition coefficient (Wildman–Crippen LogP) is 5.73. The molecule has 0 bridgehead atoms. The van der Waals surface area contributed by atoms with Gasteiger partial charge in [-0.2, -0.15) is 5.26 Å². The van der Waals surface area contributed by atoms with Crippen molar-refractivity contribution in [2.24, 2.45) is 22.7 Å². The standard InChI is InChI=1S/C25H37NO3Si/c1-22-12-13-25(27-14-15-28-25)16-18(22)6-7-19-20(22)8-10-23(2)21(19)9-11-24(23,17-26)29-30(3,4)5/h6,8,19,21H,7,9-16H2,1-5H3/t19-,21+,22+,23+,24+/m1/s1. The molecular formula is C25H37NO3Si. The van der Waals surface area contributed by atoms with E-state index in [9.17, 15) is 5.26 Å². The van der Waals surface area contributed by atoms with E-state index in [2.05, 4.69) is 51.7 Å². The Kier molecular flexibility index (Phi) is 4.57. The summed E-state index contributed by atoms with van der Waals surface area (Å²) in [6, 6.07) is 2.70. The smallest absolute Gasteiger partial charge is 0.185 e. The van der Waals surface area contributed by atoms with Crippen molar-refractivity contribution in [3.63, 3.8) is 0 Å². The number of nitrogens with zero attached hydrogens (tertiary/aromatic N) is 1. The maximum Gasteiger partial charge on any atom is 0.185 e. The van der Waals surface area contributed by atoms with Crippen molar-refractivity contribution in [1.82, 2.24) is 0 Å². The van der Waals surface area contributed by atoms with Gasteiger partial charge in [-0.25, -0.2) is 0 Å². The Morgan fingerprint density at radius 2 is 1.83 bits per heavy atom. The Balaban J connectivity index is 1.48. The van der Waals surface area contributed by atoms with Gasteiger partial charge in [-0.1, -0.05) is 37.1 Å². The van der Waals surface area contributed by atoms with Crippen LogP contribution in [0.3, 0.4) is 0 Å². The van der Waals surface area contributed by atoms with Gasteiger partial charge in [0.1, 0.15) is 5.60 Å². The molecular weight excluding hydrogens is 390 g/mol. The number of nitriles is 1. The highest BCUT2D eigenvalue weighted by atomic mass is 28.4. The molecule has 0 N–H and O–H groups in total. The number of allylic oxidation sites excluding steroid dienone is 3. The second kappa shape index (κ2) is 6.54. The minimum absolute atomic E-state index is 0.0918. The number of hydrogen-bond acceptors (Lipinski definition) is 4. The number of rotatable bonds is 2. The predicted molar refractivity (Wildman–Crippen MR) is 119 cm³/mol. The fourth-order valence-electron chi connectivity index (χ4n) is 7.55. The Labute approximate surface area is 182 Å². The Morgan fingerprint density at radius 1 is 1.10 bits per heavy atom. The van der Waals surface area contributed by atoms with E-state index >= 15 is 0 Å². The fourth-order valence-corrected chi connectivity index (χ4v) is 8.98. The van der Waals surface area contributed by atoms with E-state index in [1.165, 1.54) is 5.57 Å². The topological polar surface area (TPSA) is 51.5 Å². The van der Waals surface area contributed by atoms with Crippen molar-refractivity contribution in [1.29, 1.82) is 5.26 Å². The third kappa shape index (κ3) is 2.80. The Hall–Kier alpha value is -0.933. The highest BCUT2D eigenvalue weighted by Crippen LogP contribution is 2.66. The number of ether oxygens (including phenoxy) is 2. The third-order valence-electron chi connectivity index (χ3n) is 9.08. The summed E-state index contributed by atoms with van der Waals surface area (Å²) in [6.45, 7) is 12.9. The molecule has 0 aromatic rings. The molecule has 2 saturated carbocycles. The summed E-state index contributed by atoms with van der Waals surface area (Å²) < 4.78 is 18.8. The van der Waals surface area contributed by atoms with E-state index in [4.69, 9.17) is 13.9 Å². The fraction of sp³-hybridized carbons (Fsp3) is 0.800. The third-order valence-corrected chi connectivity index (χ3v) is 10.0. The molecule has 1 saturated heterocycles. The molecule has 0 aromatic carbocycles. The first kappa shape index (κ1) is 20.9. The first-order chi connectivity index (χ1) is 14.1. The van der Waals surface area contributed by atoms with Crippen LogP contribution in [0.25, 0.3) is 0 Å². The number of hydrogen-bond donors (Lipinski definition) is 0. The summed E-state index contributed by atoms with van der Waals surface area (Å²) in [5.41, 5.74) is 2.56. The second-order valence-corrected chi connectivity index (χ2v) is 16.2. The van der Waals surface area contributed by atoms with Crippen LogP contribution in [0.1, 0.15) is 58.8 Å². The van der Waals surface area contributed by atoms with Crippen molar-refractivity contribution in [3.05, 3.63) is 23.3 Å². The van der Waals surface area contributed by atoms with Gasteiger partial charge in [0.2, 0.25) is 0 Å². The van der Waals surface area contributed by atoms with E-state index in [-0.39, 0.29) is 16.6 Å². The van der Waals surface area contributed by atoms with Crippen molar-refractivity contribution >= 4 is 8.32 Å². The summed E-state index contributed by atoms with van der Waals surface area (Å²) in [5.74, 6) is 0.701. The van der Waals surface area contributed by atoms with E-state index in [1.807, 2.05) is 0 Å². The maximum atomic E-state index is 10.3. The summed E-state index contributed by atoms with van der Waals surface area (Å²) in [6.07, 6.45) is 12.0. The quantitative estimate of drug-likeness (QED) is 0.417. The molecule has 0 radical (unpaired) electrons. The lowest BCUT2D eigenvalue weighted by Gasteiger charge is -2.55. The molecule has 1 spiro atoms. The van der Waals surface area contributed by atoms with Gasteiger partial charge in [0, 0.05) is 23.7 Å². The van der Waals surface area contributed by atoms with Gasteiger partial charge >= 0.3 is 0 Å². The van der Waals surface area contributed by atoms with E-state index in [1.54, 1.807) is 5.57 Å². The second-order valence-electron chi connectivity index (χ2n) is 11.8. The van der Waals surface area contributed by atoms with Crippen LogP contribution in [0.5, 0.6) is 0 Å². The molecule has 5 atom stereocenters. The summed E-state index contributed by atoms with van der Waals surface area (Å²) in [7, 11) is -1.83. The SMILES string of the molecule is C[C@]12CCC3(CC1=CC[C@@H]1C2=CC[C@@]2(C)[C@H]1CC[C@@]2(C#N)O[Si](C)(C)C)OCCO3. The molecule has 4 aliphatic carbocycles. The van der Waals surface area contributed by atoms with Crippen molar-refractivity contribution < 1.29 is 13.9 Å². The zero-order valence-electron chi connectivity index (χ0n) is 19.3. The molecule has 4 nitrogen and oxygen atoms in total. The molecule has 164 valence electrons. The molecule has 0 amide bonds. The molecule has 1 aliphatic heterocycles. The zero-order chi connectivity index (χ0) is 21.4. The average molecular weight is 428 g/mol. The summed E-state index contributed by atoms with van der Waals surface area (Å²) in [4.78, 5) is 0. The van der Waals surface area contributed by atoms with Crippen molar-refractivity contribution in [3.8, 4) is 6.07 Å². The molecule has 5 aliphatic rings. The van der Waals surface area contributed by atoms with Gasteiger partial charge < -0.3 is 13.9 Å². The highest BCUT2D eigenvalue weighted by molar-refractivity contribution is 6.69. The monoisotopic (exact) mass is 427 g/mol. The lowest BCUT2D eigenvalue weighted by Crippen LogP contribution is -2.54. The average Bonchev–Trinajstić information content (AvgIpc) is 3.24. The van der Waals surface area contributed by atoms with Crippen LogP contribution in [-0.2, 0) is 13.9 Å². The molecule has 30 heavy (non-hydrogen) atoms. The van der Waals surface area contributed by atoms with E-state index in [0.717, 1.165) is 58.2 Å². The van der Waals surface area contributed by atoms with Crippen LogP contribution in [0.2, 0.25) is 19.6 Å². The van der Waals surface area contributed by atoms with Crippen LogP contribution in [0, 0.1) is 34.0 Å². The van der Waals surface area contributed by atoms with Crippen LogP contribution >= 0.6 is 0 Å². The zero-order valence-corrected chi connectivity index (χ0v) is 20.3. The van der Waals surface area contributed by atoms with Gasteiger partial charge in [0.05, 0.1) is 19.3 Å². The molecule has 5 heteroatoms. The Bertz CT molecular complexity index is 845. The van der Waals surface area contributed by atoms with Gasteiger partial charge in [0.15, 0.2) is 14.1 Å². The largest absolute Gasteiger partial charge is 0.399 e. The summed E-state index contributed by atoms with van der Waals surface area (Å²) >= 11 is 0. The molecule has 1 heterocycles. The van der Waals surface area contributed by atoms with Crippen molar-refractivity contribution in [2.75, 3.05) is 13.2 Å². The molecule has 0 unspecified atom stereocenters. The minimum atomic E-state index is -1.83. The first-order valence-electron chi connectivity index (χ1n) is 11.9. The van der Waals surface area contributed by atoms with Gasteiger partial charge in [-0.3, -0.25) is 0 Å². The van der Waals surface area contributed by atoms with E-state index < -0.39 is 13.9 Å². The van der Waals surface area contributed by atoms with Gasteiger partial charge in [-0.15, -0.1) is 0 Å². The van der Waals surface area contributed by atoms with Crippen LogP contribution < -0.4 is 0 Å². The van der Waals surface area contributed by atoms with Gasteiger partial charge in [-0.05, 0) is 63.6 Å². The van der Waals surface area contributed by atoms with Gasteiger partial charge in [0.25, 0.3) is 0 Å². The maximum absolute atomic E-state index is 10.3. The highest BCUT2D eigenvalue weighted by Gasteiger charge is 2.64. The Morgan fingerprint density at radius 3 is 2.50 bits per heavy atom. The minimum Gasteiger partial charge on any atom is -0.399 e. The van der Waals surface area contributed by atoms with Crippen molar-refractivity contribution in [2.45, 2.75) is 89.8 Å². The molecule has 0 aromatic heterocycles. The summed E-state index contributed by atoms with van der Waals surface area (Å²) in [5, 5.41) is 10.3. The van der Waals surface area contributed by atoms with Crippen LogP contribution in [0.4, 0.5) is 0 Å². The van der Waals surface area contributed by atoms with E-state index in [0.29, 0.717) is 11.8 Å². The normalized spacial score (nSPS) is 44.5. The first-order valence-corrected chi connectivity index (χ1v) is 15.3. The van der Waals surface area contributed by atoms with Crippen LogP contribution in [-0.4, -0.2) is 32.9 Å². The lowest BCUT2D eigenvalue weighted by molar-refractivity contribution is -0.175. The van der Waals surface area contributed by atoms with Crippen LogP contribution in [0.15, 0.2) is 23.3 Å². The molecule has 5 rings (SSSR count). The molecule has 3 fully saturated rings.